The normalized spacial score (nSPS) is 14.9. The SMILES string of the molecule is CCOC(CCC([SiH3])NC([SiH3])CCC(OCC)OCC)OCC. The molecule has 0 saturated heterocycles. The number of hydrogen-bond acceptors (Lipinski definition) is 5. The van der Waals surface area contributed by atoms with Crippen molar-refractivity contribution in [2.75, 3.05) is 26.4 Å². The van der Waals surface area contributed by atoms with Gasteiger partial charge >= 0.3 is 0 Å². The van der Waals surface area contributed by atoms with Crippen LogP contribution >= 0.6 is 0 Å². The van der Waals surface area contributed by atoms with Gasteiger partial charge in [-0.15, -0.1) is 0 Å². The molecule has 0 aliphatic heterocycles. The fourth-order valence-corrected chi connectivity index (χ4v) is 5.07. The molecular weight excluding hydrogens is 326 g/mol. The molecule has 0 heterocycles. The molecule has 0 aliphatic rings. The Kier molecular flexibility index (Phi) is 15.9. The summed E-state index contributed by atoms with van der Waals surface area (Å²) >= 11 is 0. The first kappa shape index (κ1) is 23.2. The smallest absolute Gasteiger partial charge is 0.157 e. The van der Waals surface area contributed by atoms with Crippen molar-refractivity contribution in [3.63, 3.8) is 0 Å². The Morgan fingerprint density at radius 3 is 1.17 bits per heavy atom. The molecule has 1 N–H and O–H groups in total. The van der Waals surface area contributed by atoms with Gasteiger partial charge in [-0.1, -0.05) is 0 Å². The summed E-state index contributed by atoms with van der Waals surface area (Å²) in [5.41, 5.74) is 1.22. The van der Waals surface area contributed by atoms with Crippen molar-refractivity contribution in [3.05, 3.63) is 0 Å². The van der Waals surface area contributed by atoms with Crippen LogP contribution in [-0.4, -0.2) is 70.8 Å². The lowest BCUT2D eigenvalue weighted by Crippen LogP contribution is -2.40. The van der Waals surface area contributed by atoms with Crippen molar-refractivity contribution in [3.8, 4) is 0 Å². The van der Waals surface area contributed by atoms with Gasteiger partial charge in [-0.3, -0.25) is 0 Å². The van der Waals surface area contributed by atoms with E-state index >= 15 is 0 Å². The van der Waals surface area contributed by atoms with E-state index in [0.717, 1.165) is 46.2 Å². The maximum Gasteiger partial charge on any atom is 0.157 e. The number of nitrogens with one attached hydrogen (secondary N) is 1. The molecule has 23 heavy (non-hydrogen) atoms. The minimum atomic E-state index is -0.0453. The minimum Gasteiger partial charge on any atom is -0.353 e. The Bertz CT molecular complexity index is 226. The van der Waals surface area contributed by atoms with E-state index in [9.17, 15) is 0 Å². The second kappa shape index (κ2) is 15.7. The van der Waals surface area contributed by atoms with Crippen LogP contribution in [0.4, 0.5) is 0 Å². The maximum absolute atomic E-state index is 5.61. The first-order valence-corrected chi connectivity index (χ1v) is 11.6. The molecule has 0 aliphatic carbocycles. The molecule has 2 atom stereocenters. The molecule has 0 rings (SSSR count). The van der Waals surface area contributed by atoms with Crippen molar-refractivity contribution in [1.29, 1.82) is 0 Å². The highest BCUT2D eigenvalue weighted by atomic mass is 28.1. The zero-order chi connectivity index (χ0) is 17.5. The molecule has 0 aromatic carbocycles. The molecule has 5 nitrogen and oxygen atoms in total. The topological polar surface area (TPSA) is 49.0 Å². The van der Waals surface area contributed by atoms with E-state index in [1.165, 1.54) is 0 Å². The summed E-state index contributed by atoms with van der Waals surface area (Å²) in [5.74, 6) is 0. The largest absolute Gasteiger partial charge is 0.353 e. The van der Waals surface area contributed by atoms with Crippen molar-refractivity contribution < 1.29 is 18.9 Å². The summed E-state index contributed by atoms with van der Waals surface area (Å²) in [6.45, 7) is 10.9. The zero-order valence-corrected chi connectivity index (χ0v) is 20.1. The van der Waals surface area contributed by atoms with Crippen molar-refractivity contribution in [1.82, 2.24) is 5.32 Å². The standard InChI is InChI=1S/C16H39NO4Si2/c1-5-18-15(19-6-2)11-9-13(22)17-14(23)10-12-16(20-7-3)21-8-4/h13-17H,5-12H2,1-4,22-23H3. The lowest BCUT2D eigenvalue weighted by Gasteiger charge is -2.24. The van der Waals surface area contributed by atoms with E-state index in [1.54, 1.807) is 0 Å². The van der Waals surface area contributed by atoms with Crippen LogP contribution in [0.3, 0.4) is 0 Å². The molecule has 0 amide bonds. The Labute approximate surface area is 149 Å². The van der Waals surface area contributed by atoms with Crippen LogP contribution in [0.5, 0.6) is 0 Å². The van der Waals surface area contributed by atoms with Crippen molar-refractivity contribution in [2.24, 2.45) is 0 Å². The van der Waals surface area contributed by atoms with Gasteiger partial charge in [0, 0.05) is 46.9 Å². The molecule has 0 radical (unpaired) electrons. The third-order valence-electron chi connectivity index (χ3n) is 3.65. The molecule has 0 bridgehead atoms. The Morgan fingerprint density at radius 2 is 0.913 bits per heavy atom. The fraction of sp³-hybridized carbons (Fsp3) is 1.00. The molecule has 0 aromatic heterocycles. The predicted octanol–water partition coefficient (Wildman–Crippen LogP) is 0.318. The summed E-state index contributed by atoms with van der Waals surface area (Å²) in [7, 11) is 2.29. The Balaban J connectivity index is 3.96. The van der Waals surface area contributed by atoms with Gasteiger partial charge in [0.05, 0.1) is 0 Å². The number of hydrogen-bond donors (Lipinski definition) is 1. The number of ether oxygens (including phenoxy) is 4. The fourth-order valence-electron chi connectivity index (χ4n) is 2.60. The summed E-state index contributed by atoms with van der Waals surface area (Å²) in [6, 6.07) is 0. The second-order valence-electron chi connectivity index (χ2n) is 5.80. The van der Waals surface area contributed by atoms with Gasteiger partial charge < -0.3 is 24.3 Å². The zero-order valence-electron chi connectivity index (χ0n) is 16.1. The van der Waals surface area contributed by atoms with Crippen LogP contribution in [-0.2, 0) is 18.9 Å². The van der Waals surface area contributed by atoms with Gasteiger partial charge in [-0.25, -0.2) is 0 Å². The minimum absolute atomic E-state index is 0.0453. The molecule has 0 aromatic rings. The van der Waals surface area contributed by atoms with E-state index in [0.29, 0.717) is 37.8 Å². The molecule has 140 valence electrons. The highest BCUT2D eigenvalue weighted by molar-refractivity contribution is 6.14. The average Bonchev–Trinajstić information content (AvgIpc) is 2.51. The van der Waals surface area contributed by atoms with Crippen LogP contribution in [0.2, 0.25) is 0 Å². The quantitative estimate of drug-likeness (QED) is 0.315. The average molecular weight is 366 g/mol. The van der Waals surface area contributed by atoms with Gasteiger partial charge in [0.15, 0.2) is 12.6 Å². The third-order valence-corrected chi connectivity index (χ3v) is 5.47. The first-order valence-electron chi connectivity index (χ1n) is 9.29. The number of rotatable bonds is 16. The van der Waals surface area contributed by atoms with E-state index in [-0.39, 0.29) is 12.6 Å². The van der Waals surface area contributed by atoms with Crippen LogP contribution < -0.4 is 5.32 Å². The van der Waals surface area contributed by atoms with Crippen molar-refractivity contribution >= 4 is 20.5 Å². The van der Waals surface area contributed by atoms with Gasteiger partial charge in [-0.05, 0) is 64.7 Å². The Hall–Kier alpha value is 0.234. The van der Waals surface area contributed by atoms with Crippen LogP contribution in [0.25, 0.3) is 0 Å². The van der Waals surface area contributed by atoms with Crippen LogP contribution in [0.1, 0.15) is 53.4 Å². The van der Waals surface area contributed by atoms with E-state index in [4.69, 9.17) is 18.9 Å². The van der Waals surface area contributed by atoms with Gasteiger partial charge in [0.25, 0.3) is 0 Å². The van der Waals surface area contributed by atoms with E-state index in [1.807, 2.05) is 27.7 Å². The summed E-state index contributed by atoms with van der Waals surface area (Å²) in [6.07, 6.45) is 4.09. The molecule has 0 saturated carbocycles. The van der Waals surface area contributed by atoms with Gasteiger partial charge in [-0.2, -0.15) is 0 Å². The first-order chi connectivity index (χ1) is 11.1. The highest BCUT2D eigenvalue weighted by Gasteiger charge is 2.14. The summed E-state index contributed by atoms with van der Waals surface area (Å²) in [5, 5.41) is 3.76. The summed E-state index contributed by atoms with van der Waals surface area (Å²) in [4.78, 5) is 0. The molecule has 0 fully saturated rings. The Morgan fingerprint density at radius 1 is 0.609 bits per heavy atom. The predicted molar refractivity (Wildman–Crippen MR) is 103 cm³/mol. The van der Waals surface area contributed by atoms with Crippen molar-refractivity contribution in [2.45, 2.75) is 77.3 Å². The van der Waals surface area contributed by atoms with E-state index < -0.39 is 0 Å². The maximum atomic E-state index is 5.61. The summed E-state index contributed by atoms with van der Waals surface area (Å²) < 4.78 is 22.4. The lowest BCUT2D eigenvalue weighted by molar-refractivity contribution is -0.140. The van der Waals surface area contributed by atoms with E-state index in [2.05, 4.69) is 5.32 Å². The van der Waals surface area contributed by atoms with Gasteiger partial charge in [0.2, 0.25) is 0 Å². The third kappa shape index (κ3) is 13.2. The highest BCUT2D eigenvalue weighted by Crippen LogP contribution is 2.09. The lowest BCUT2D eigenvalue weighted by atomic mass is 10.2. The van der Waals surface area contributed by atoms with Crippen LogP contribution in [0.15, 0.2) is 0 Å². The molecule has 7 heteroatoms. The molecular formula is C16H39NO4Si2. The van der Waals surface area contributed by atoms with Gasteiger partial charge in [0.1, 0.15) is 0 Å². The molecule has 0 spiro atoms. The monoisotopic (exact) mass is 365 g/mol. The second-order valence-corrected chi connectivity index (χ2v) is 8.59. The van der Waals surface area contributed by atoms with Crippen LogP contribution in [0, 0.1) is 0 Å². The molecule has 2 unspecified atom stereocenters.